The molecule has 0 aliphatic carbocycles. The number of aryl methyl sites for hydroxylation is 1. The molecular formula is C16H15N3OS. The second-order valence-electron chi connectivity index (χ2n) is 4.65. The van der Waals surface area contributed by atoms with E-state index in [-0.39, 0.29) is 5.91 Å². The molecule has 2 aromatic heterocycles. The molecule has 1 aromatic carbocycles. The van der Waals surface area contributed by atoms with Crippen LogP contribution in [0.1, 0.15) is 12.0 Å². The van der Waals surface area contributed by atoms with Crippen LogP contribution in [0.5, 0.6) is 0 Å². The van der Waals surface area contributed by atoms with Gasteiger partial charge in [-0.1, -0.05) is 12.1 Å². The fourth-order valence-corrected chi connectivity index (χ4v) is 2.80. The van der Waals surface area contributed by atoms with Crippen molar-refractivity contribution >= 4 is 22.9 Å². The van der Waals surface area contributed by atoms with Gasteiger partial charge in [0.2, 0.25) is 5.91 Å². The molecule has 1 N–H and O–H groups in total. The molecule has 5 heteroatoms. The van der Waals surface area contributed by atoms with Gasteiger partial charge in [0.15, 0.2) is 0 Å². The third kappa shape index (κ3) is 3.38. The van der Waals surface area contributed by atoms with E-state index in [1.54, 1.807) is 22.2 Å². The topological polar surface area (TPSA) is 46.9 Å². The van der Waals surface area contributed by atoms with Crippen molar-refractivity contribution in [3.8, 4) is 5.69 Å². The summed E-state index contributed by atoms with van der Waals surface area (Å²) in [5, 5.41) is 11.3. The van der Waals surface area contributed by atoms with Crippen LogP contribution in [0, 0.1) is 0 Å². The highest BCUT2D eigenvalue weighted by molar-refractivity contribution is 7.07. The lowest BCUT2D eigenvalue weighted by molar-refractivity contribution is -0.116. The molecule has 0 aliphatic heterocycles. The molecule has 0 unspecified atom stereocenters. The van der Waals surface area contributed by atoms with E-state index in [2.05, 4.69) is 21.9 Å². The molecule has 0 aliphatic rings. The molecule has 0 atom stereocenters. The first-order chi connectivity index (χ1) is 10.3. The minimum Gasteiger partial charge on any atom is -0.324 e. The van der Waals surface area contributed by atoms with Gasteiger partial charge in [0.25, 0.3) is 0 Å². The minimum atomic E-state index is 0.0146. The van der Waals surface area contributed by atoms with Crippen LogP contribution in [0.3, 0.4) is 0 Å². The number of anilines is 1. The Kier molecular flexibility index (Phi) is 4.12. The average Bonchev–Trinajstić information content (AvgIpc) is 3.19. The van der Waals surface area contributed by atoms with Crippen LogP contribution in [0.4, 0.5) is 5.69 Å². The third-order valence-corrected chi connectivity index (χ3v) is 3.88. The molecule has 0 spiro atoms. The Morgan fingerprint density at radius 2 is 2.14 bits per heavy atom. The molecule has 106 valence electrons. The Labute approximate surface area is 127 Å². The van der Waals surface area contributed by atoms with E-state index in [4.69, 9.17) is 0 Å². The van der Waals surface area contributed by atoms with E-state index in [1.807, 2.05) is 41.9 Å². The number of nitrogens with one attached hydrogen (secondary N) is 1. The van der Waals surface area contributed by atoms with Crippen LogP contribution < -0.4 is 5.32 Å². The van der Waals surface area contributed by atoms with E-state index in [0.717, 1.165) is 17.8 Å². The zero-order valence-corrected chi connectivity index (χ0v) is 12.2. The van der Waals surface area contributed by atoms with E-state index in [9.17, 15) is 4.79 Å². The van der Waals surface area contributed by atoms with E-state index >= 15 is 0 Å². The van der Waals surface area contributed by atoms with E-state index in [1.165, 1.54) is 5.56 Å². The number of carbonyl (C=O) groups excluding carboxylic acids is 1. The zero-order valence-electron chi connectivity index (χ0n) is 11.4. The summed E-state index contributed by atoms with van der Waals surface area (Å²) in [6, 6.07) is 11.6. The molecule has 4 nitrogen and oxygen atoms in total. The van der Waals surface area contributed by atoms with Crippen LogP contribution in [-0.2, 0) is 11.2 Å². The number of carbonyl (C=O) groups is 1. The first kappa shape index (κ1) is 13.6. The summed E-state index contributed by atoms with van der Waals surface area (Å²) in [4.78, 5) is 12.1. The summed E-state index contributed by atoms with van der Waals surface area (Å²) in [6.45, 7) is 0. The summed E-state index contributed by atoms with van der Waals surface area (Å²) in [6.07, 6.45) is 4.81. The molecule has 2 heterocycles. The van der Waals surface area contributed by atoms with Gasteiger partial charge in [-0.3, -0.25) is 4.79 Å². The van der Waals surface area contributed by atoms with Crippen molar-refractivity contribution in [3.63, 3.8) is 0 Å². The molecule has 3 aromatic rings. The lowest BCUT2D eigenvalue weighted by Gasteiger charge is -2.10. The maximum absolute atomic E-state index is 12.1. The van der Waals surface area contributed by atoms with E-state index < -0.39 is 0 Å². The molecule has 0 saturated carbocycles. The Hall–Kier alpha value is -2.40. The van der Waals surface area contributed by atoms with Crippen molar-refractivity contribution in [1.29, 1.82) is 0 Å². The molecule has 0 fully saturated rings. The van der Waals surface area contributed by atoms with Gasteiger partial charge in [-0.15, -0.1) is 0 Å². The number of rotatable bonds is 5. The number of para-hydroxylation sites is 2. The SMILES string of the molecule is O=C(CCc1ccsc1)Nc1ccccc1-n1cccn1. The summed E-state index contributed by atoms with van der Waals surface area (Å²) < 4.78 is 1.74. The normalized spacial score (nSPS) is 10.5. The van der Waals surface area contributed by atoms with Gasteiger partial charge in [-0.25, -0.2) is 4.68 Å². The largest absolute Gasteiger partial charge is 0.324 e. The van der Waals surface area contributed by atoms with Crippen molar-refractivity contribution < 1.29 is 4.79 Å². The van der Waals surface area contributed by atoms with Crippen molar-refractivity contribution in [2.45, 2.75) is 12.8 Å². The summed E-state index contributed by atoms with van der Waals surface area (Å²) in [5.41, 5.74) is 2.85. The van der Waals surface area contributed by atoms with Crippen molar-refractivity contribution in [1.82, 2.24) is 9.78 Å². The summed E-state index contributed by atoms with van der Waals surface area (Å²) in [7, 11) is 0. The number of nitrogens with zero attached hydrogens (tertiary/aromatic N) is 2. The smallest absolute Gasteiger partial charge is 0.224 e. The Morgan fingerprint density at radius 3 is 2.90 bits per heavy atom. The van der Waals surface area contributed by atoms with Gasteiger partial charge in [0.1, 0.15) is 0 Å². The number of thiophene rings is 1. The number of hydrogen-bond donors (Lipinski definition) is 1. The monoisotopic (exact) mass is 297 g/mol. The Morgan fingerprint density at radius 1 is 1.24 bits per heavy atom. The molecule has 0 saturated heterocycles. The molecule has 0 bridgehead atoms. The van der Waals surface area contributed by atoms with Crippen LogP contribution >= 0.6 is 11.3 Å². The van der Waals surface area contributed by atoms with Gasteiger partial charge in [-0.2, -0.15) is 16.4 Å². The van der Waals surface area contributed by atoms with Gasteiger partial charge in [-0.05, 0) is 47.0 Å². The second kappa shape index (κ2) is 6.37. The van der Waals surface area contributed by atoms with E-state index in [0.29, 0.717) is 6.42 Å². The van der Waals surface area contributed by atoms with Crippen LogP contribution in [0.2, 0.25) is 0 Å². The summed E-state index contributed by atoms with van der Waals surface area (Å²) >= 11 is 1.65. The Bertz CT molecular complexity index is 705. The van der Waals surface area contributed by atoms with Crippen LogP contribution in [0.25, 0.3) is 5.69 Å². The van der Waals surface area contributed by atoms with Crippen molar-refractivity contribution in [2.24, 2.45) is 0 Å². The Balaban J connectivity index is 1.69. The standard InChI is InChI=1S/C16H15N3OS/c20-16(7-6-13-8-11-21-12-13)18-14-4-1-2-5-15(14)19-10-3-9-17-19/h1-5,8-12H,6-7H2,(H,18,20). The fourth-order valence-electron chi connectivity index (χ4n) is 2.10. The van der Waals surface area contributed by atoms with Gasteiger partial charge in [0.05, 0.1) is 11.4 Å². The average molecular weight is 297 g/mol. The number of aromatic nitrogens is 2. The maximum atomic E-state index is 12.1. The maximum Gasteiger partial charge on any atom is 0.224 e. The van der Waals surface area contributed by atoms with Crippen molar-refractivity contribution in [3.05, 3.63) is 65.1 Å². The number of benzene rings is 1. The van der Waals surface area contributed by atoms with Crippen LogP contribution in [-0.4, -0.2) is 15.7 Å². The molecule has 1 amide bonds. The number of amides is 1. The zero-order chi connectivity index (χ0) is 14.5. The molecule has 0 radical (unpaired) electrons. The van der Waals surface area contributed by atoms with Gasteiger partial charge < -0.3 is 5.32 Å². The predicted octanol–water partition coefficient (Wildman–Crippen LogP) is 3.51. The fraction of sp³-hybridized carbons (Fsp3) is 0.125. The molecular weight excluding hydrogens is 282 g/mol. The van der Waals surface area contributed by atoms with Crippen LogP contribution in [0.15, 0.2) is 59.6 Å². The first-order valence-electron chi connectivity index (χ1n) is 6.73. The minimum absolute atomic E-state index is 0.0146. The highest BCUT2D eigenvalue weighted by atomic mass is 32.1. The highest BCUT2D eigenvalue weighted by Crippen LogP contribution is 2.19. The predicted molar refractivity (Wildman–Crippen MR) is 84.8 cm³/mol. The quantitative estimate of drug-likeness (QED) is 0.783. The lowest BCUT2D eigenvalue weighted by Crippen LogP contribution is -2.14. The lowest BCUT2D eigenvalue weighted by atomic mass is 10.2. The first-order valence-corrected chi connectivity index (χ1v) is 7.67. The molecule has 3 rings (SSSR count). The van der Waals surface area contributed by atoms with Crippen molar-refractivity contribution in [2.75, 3.05) is 5.32 Å². The highest BCUT2D eigenvalue weighted by Gasteiger charge is 2.08. The molecule has 21 heavy (non-hydrogen) atoms. The second-order valence-corrected chi connectivity index (χ2v) is 5.43. The number of hydrogen-bond acceptors (Lipinski definition) is 3. The third-order valence-electron chi connectivity index (χ3n) is 3.15. The summed E-state index contributed by atoms with van der Waals surface area (Å²) in [5.74, 6) is 0.0146. The van der Waals surface area contributed by atoms with Gasteiger partial charge in [0, 0.05) is 18.8 Å². The van der Waals surface area contributed by atoms with Gasteiger partial charge >= 0.3 is 0 Å².